The Bertz CT molecular complexity index is 1810. The van der Waals surface area contributed by atoms with Crippen molar-refractivity contribution in [3.63, 3.8) is 0 Å². The summed E-state index contributed by atoms with van der Waals surface area (Å²) >= 11 is 1.42. The Labute approximate surface area is 275 Å². The Kier molecular flexibility index (Phi) is 9.10. The maximum absolute atomic E-state index is 13.2. The minimum absolute atomic E-state index is 0.00847. The highest BCUT2D eigenvalue weighted by molar-refractivity contribution is 7.12. The number of pyridine rings is 1. The van der Waals surface area contributed by atoms with E-state index in [1.165, 1.54) is 11.3 Å². The van der Waals surface area contributed by atoms with Crippen LogP contribution < -0.4 is 16.2 Å². The number of thiazole rings is 1. The first-order valence-electron chi connectivity index (χ1n) is 15.7. The lowest BCUT2D eigenvalue weighted by molar-refractivity contribution is 0.0690. The van der Waals surface area contributed by atoms with E-state index in [4.69, 9.17) is 4.43 Å². The second-order valence-corrected chi connectivity index (χ2v) is 20.6. The van der Waals surface area contributed by atoms with E-state index in [-0.39, 0.29) is 21.7 Å². The summed E-state index contributed by atoms with van der Waals surface area (Å²) in [6.07, 6.45) is 4.15. The van der Waals surface area contributed by atoms with Crippen LogP contribution in [0.2, 0.25) is 18.1 Å². The first-order valence-corrected chi connectivity index (χ1v) is 19.4. The van der Waals surface area contributed by atoms with Crippen molar-refractivity contribution in [2.24, 2.45) is 7.05 Å². The molecule has 0 saturated heterocycles. The monoisotopic (exact) mass is 662 g/mol. The van der Waals surface area contributed by atoms with E-state index in [1.54, 1.807) is 11.6 Å². The number of aryl methyl sites for hydroxylation is 1. The number of hydrogen-bond acceptors (Lipinski definition) is 8. The van der Waals surface area contributed by atoms with Crippen LogP contribution in [0.5, 0.6) is 0 Å². The number of carboxylic acid groups (broad SMARTS) is 1. The molecule has 0 aliphatic heterocycles. The van der Waals surface area contributed by atoms with Gasteiger partial charge in [-0.25, -0.2) is 9.78 Å². The summed E-state index contributed by atoms with van der Waals surface area (Å²) in [6.45, 7) is 17.8. The highest BCUT2D eigenvalue weighted by atomic mass is 32.1. The number of carbonyl (C=O) groups is 1. The highest BCUT2D eigenvalue weighted by Gasteiger charge is 2.37. The van der Waals surface area contributed by atoms with Gasteiger partial charge in [0.15, 0.2) is 19.8 Å². The van der Waals surface area contributed by atoms with Gasteiger partial charge in [0.25, 0.3) is 5.56 Å². The van der Waals surface area contributed by atoms with E-state index in [9.17, 15) is 14.7 Å². The number of rotatable bonds is 11. The zero-order valence-corrected chi connectivity index (χ0v) is 30.1. The molecule has 12 heteroatoms. The van der Waals surface area contributed by atoms with E-state index in [0.29, 0.717) is 35.5 Å². The molecule has 1 saturated carbocycles. The molecule has 0 bridgehead atoms. The maximum Gasteiger partial charge on any atom is 0.355 e. The van der Waals surface area contributed by atoms with Crippen molar-refractivity contribution in [3.8, 4) is 11.1 Å². The van der Waals surface area contributed by atoms with Crippen molar-refractivity contribution in [2.45, 2.75) is 97.0 Å². The summed E-state index contributed by atoms with van der Waals surface area (Å²) in [5.74, 6) is 0.0964. The third kappa shape index (κ3) is 7.29. The molecule has 1 aromatic carbocycles. The molecular formula is C34H46N6O4SSi. The van der Waals surface area contributed by atoms with Gasteiger partial charge in [0, 0.05) is 53.2 Å². The summed E-state index contributed by atoms with van der Waals surface area (Å²) in [5.41, 5.74) is 4.70. The molecule has 0 spiro atoms. The van der Waals surface area contributed by atoms with E-state index in [0.717, 1.165) is 45.9 Å². The van der Waals surface area contributed by atoms with Gasteiger partial charge in [-0.15, -0.1) is 11.3 Å². The molecule has 1 aliphatic rings. The Morgan fingerprint density at radius 3 is 2.50 bits per heavy atom. The van der Waals surface area contributed by atoms with Gasteiger partial charge in [0.2, 0.25) is 0 Å². The summed E-state index contributed by atoms with van der Waals surface area (Å²) in [7, 11) is -0.394. The fraction of sp³-hybridized carbons (Fsp3) is 0.471. The van der Waals surface area contributed by atoms with Gasteiger partial charge in [-0.05, 0) is 48.7 Å². The molecule has 46 heavy (non-hydrogen) atoms. The zero-order chi connectivity index (χ0) is 33.6. The largest absolute Gasteiger partial charge is 0.476 e. The molecule has 10 nitrogen and oxygen atoms in total. The smallest absolute Gasteiger partial charge is 0.355 e. The van der Waals surface area contributed by atoms with Crippen LogP contribution in [0.1, 0.15) is 91.9 Å². The summed E-state index contributed by atoms with van der Waals surface area (Å²) in [6, 6.07) is 9.83. The molecule has 1 aliphatic carbocycles. The fourth-order valence-electron chi connectivity index (χ4n) is 4.87. The van der Waals surface area contributed by atoms with E-state index < -0.39 is 14.3 Å². The lowest BCUT2D eigenvalue weighted by Gasteiger charge is -2.36. The van der Waals surface area contributed by atoms with Crippen LogP contribution in [0.25, 0.3) is 11.1 Å². The van der Waals surface area contributed by atoms with Crippen molar-refractivity contribution < 1.29 is 14.3 Å². The van der Waals surface area contributed by atoms with Crippen molar-refractivity contribution in [3.05, 3.63) is 73.7 Å². The van der Waals surface area contributed by atoms with Gasteiger partial charge in [-0.3, -0.25) is 9.89 Å². The lowest BCUT2D eigenvalue weighted by Crippen LogP contribution is -2.40. The van der Waals surface area contributed by atoms with Gasteiger partial charge in [-0.1, -0.05) is 53.7 Å². The van der Waals surface area contributed by atoms with Gasteiger partial charge in [0.05, 0.1) is 23.0 Å². The third-order valence-corrected chi connectivity index (χ3v) is 14.9. The van der Waals surface area contributed by atoms with Gasteiger partial charge in [0.1, 0.15) is 5.69 Å². The van der Waals surface area contributed by atoms with Crippen LogP contribution in [0, 0.1) is 0 Å². The standard InChI is InChI=1S/C34H46N6O4SSi/c1-33(2,3)32-37-29(31(42)43)27(45-32)17-35-24-12-10-11-22(23(24)19-44-46(8,9)34(4,5)6)21-15-26(30(41)40(7)18-21)36-28-16-25(38-39-28)20-13-14-20/h10-12,15-16,18,20,35H,13-14,17,19H2,1-9H3,(H,42,43)(H2,36,38,39). The van der Waals surface area contributed by atoms with Crippen LogP contribution in [-0.4, -0.2) is 39.1 Å². The molecule has 4 aromatic rings. The van der Waals surface area contributed by atoms with Crippen molar-refractivity contribution in [1.29, 1.82) is 0 Å². The molecule has 0 atom stereocenters. The number of nitrogens with zero attached hydrogens (tertiary/aromatic N) is 3. The molecule has 3 aromatic heterocycles. The maximum atomic E-state index is 13.2. The Hall–Kier alpha value is -3.74. The number of aromatic carboxylic acids is 1. The van der Waals surface area contributed by atoms with Crippen molar-refractivity contribution in [2.75, 3.05) is 10.6 Å². The zero-order valence-electron chi connectivity index (χ0n) is 28.3. The number of benzene rings is 1. The number of H-pyrrole nitrogens is 1. The van der Waals surface area contributed by atoms with Crippen molar-refractivity contribution in [1.82, 2.24) is 19.7 Å². The average molecular weight is 663 g/mol. The summed E-state index contributed by atoms with van der Waals surface area (Å²) in [5, 5.41) is 24.9. The predicted molar refractivity (Wildman–Crippen MR) is 188 cm³/mol. The molecule has 0 amide bonds. The molecule has 4 N–H and O–H groups in total. The van der Waals surface area contributed by atoms with Crippen LogP contribution in [0.15, 0.2) is 41.3 Å². The minimum Gasteiger partial charge on any atom is -0.476 e. The predicted octanol–water partition coefficient (Wildman–Crippen LogP) is 7.98. The molecule has 5 rings (SSSR count). The van der Waals surface area contributed by atoms with Crippen molar-refractivity contribution >= 4 is 42.8 Å². The van der Waals surface area contributed by atoms with E-state index >= 15 is 0 Å². The van der Waals surface area contributed by atoms with Crippen LogP contribution in [-0.2, 0) is 30.0 Å². The number of hydrogen-bond donors (Lipinski definition) is 4. The quantitative estimate of drug-likeness (QED) is 0.119. The number of aromatic amines is 1. The topological polar surface area (TPSA) is 134 Å². The van der Waals surface area contributed by atoms with Gasteiger partial charge < -0.3 is 24.7 Å². The lowest BCUT2D eigenvalue weighted by atomic mass is 9.98. The Balaban J connectivity index is 1.53. The molecular weight excluding hydrogens is 617 g/mol. The molecule has 0 radical (unpaired) electrons. The Morgan fingerprint density at radius 1 is 1.15 bits per heavy atom. The highest BCUT2D eigenvalue weighted by Crippen LogP contribution is 2.41. The first-order chi connectivity index (χ1) is 21.4. The van der Waals surface area contributed by atoms with Gasteiger partial charge >= 0.3 is 5.97 Å². The third-order valence-electron chi connectivity index (χ3n) is 8.91. The number of anilines is 3. The normalized spacial score (nSPS) is 14.0. The molecule has 3 heterocycles. The molecule has 0 unspecified atom stereocenters. The second-order valence-electron chi connectivity index (χ2n) is 14.7. The van der Waals surface area contributed by atoms with Crippen LogP contribution in [0.3, 0.4) is 0 Å². The summed E-state index contributed by atoms with van der Waals surface area (Å²) < 4.78 is 8.33. The number of nitrogens with one attached hydrogen (secondary N) is 3. The number of carboxylic acids is 1. The number of aromatic nitrogens is 4. The van der Waals surface area contributed by atoms with E-state index in [1.807, 2.05) is 57.3 Å². The fourth-order valence-corrected chi connectivity index (χ4v) is 6.86. The Morgan fingerprint density at radius 2 is 1.87 bits per heavy atom. The average Bonchev–Trinajstić information content (AvgIpc) is 3.53. The van der Waals surface area contributed by atoms with Crippen LogP contribution in [0.4, 0.5) is 17.2 Å². The summed E-state index contributed by atoms with van der Waals surface area (Å²) in [4.78, 5) is 30.5. The van der Waals surface area contributed by atoms with E-state index in [2.05, 4.69) is 59.7 Å². The van der Waals surface area contributed by atoms with Gasteiger partial charge in [-0.2, -0.15) is 5.10 Å². The minimum atomic E-state index is -2.14. The second kappa shape index (κ2) is 12.5. The molecule has 246 valence electrons. The first kappa shape index (κ1) is 33.6. The molecule has 1 fully saturated rings. The SMILES string of the molecule is Cn1cc(-c2cccc(NCc3sc(C(C)(C)C)nc3C(=O)O)c2CO[Si](C)(C)C(C)(C)C)cc(Nc2cc(C3CC3)[nH]n2)c1=O. The van der Waals surface area contributed by atoms with Crippen LogP contribution >= 0.6 is 11.3 Å².